The Kier molecular flexibility index (Phi) is 10.0. The molecule has 178 valence electrons. The van der Waals surface area contributed by atoms with E-state index >= 15 is 0 Å². The highest BCUT2D eigenvalue weighted by atomic mass is 127. The number of halogens is 1. The molecule has 1 aliphatic rings. The van der Waals surface area contributed by atoms with E-state index in [1.165, 1.54) is 33.3 Å². The number of aromatic amines is 1. The minimum absolute atomic E-state index is 0. The highest BCUT2D eigenvalue weighted by Crippen LogP contribution is 2.22. The highest BCUT2D eigenvalue weighted by Gasteiger charge is 2.14. The number of aliphatic imine (C=N–C) groups is 1. The summed E-state index contributed by atoms with van der Waals surface area (Å²) in [6, 6.07) is 17.0. The van der Waals surface area contributed by atoms with Gasteiger partial charge in [-0.1, -0.05) is 42.5 Å². The normalized spacial score (nSPS) is 14.8. The molecule has 0 aliphatic carbocycles. The fourth-order valence-corrected chi connectivity index (χ4v) is 4.26. The average molecular weight is 562 g/mol. The second-order valence-corrected chi connectivity index (χ2v) is 8.32. The zero-order valence-electron chi connectivity index (χ0n) is 19.5. The lowest BCUT2D eigenvalue weighted by Crippen LogP contribution is -2.37. The number of ether oxygens (including phenoxy) is 2. The van der Waals surface area contributed by atoms with Crippen LogP contribution < -0.4 is 10.6 Å². The molecular weight excluding hydrogens is 527 g/mol. The first-order chi connectivity index (χ1) is 15.7. The van der Waals surface area contributed by atoms with Crippen molar-refractivity contribution in [2.24, 2.45) is 4.99 Å². The molecule has 1 saturated heterocycles. The van der Waals surface area contributed by atoms with E-state index in [1.54, 1.807) is 0 Å². The Hall–Kier alpha value is -2.10. The minimum Gasteiger partial charge on any atom is -0.381 e. The standard InChI is InChI=1S/C26H34N4O2.HI/c1-19-23(24-8-3-4-9-25(24)30-19)10-13-28-26(27-2)29-17-20-6-5-7-21(16-20)18-32-22-11-14-31-15-12-22;/h3-9,16,22,30H,10-15,17-18H2,1-2H3,(H2,27,28,29);1H. The summed E-state index contributed by atoms with van der Waals surface area (Å²) in [5.74, 6) is 0.811. The van der Waals surface area contributed by atoms with Crippen LogP contribution in [0, 0.1) is 6.92 Å². The maximum atomic E-state index is 6.06. The van der Waals surface area contributed by atoms with E-state index in [0.29, 0.717) is 12.7 Å². The molecule has 0 saturated carbocycles. The molecule has 1 aliphatic heterocycles. The zero-order chi connectivity index (χ0) is 22.2. The van der Waals surface area contributed by atoms with Gasteiger partial charge >= 0.3 is 0 Å². The number of para-hydroxylation sites is 1. The van der Waals surface area contributed by atoms with E-state index in [-0.39, 0.29) is 24.0 Å². The van der Waals surface area contributed by atoms with Gasteiger partial charge in [0.2, 0.25) is 0 Å². The van der Waals surface area contributed by atoms with E-state index < -0.39 is 0 Å². The van der Waals surface area contributed by atoms with Gasteiger partial charge in [0.05, 0.1) is 12.7 Å². The fourth-order valence-electron chi connectivity index (χ4n) is 4.26. The molecule has 3 N–H and O–H groups in total. The maximum Gasteiger partial charge on any atom is 0.191 e. The zero-order valence-corrected chi connectivity index (χ0v) is 21.9. The summed E-state index contributed by atoms with van der Waals surface area (Å²) in [7, 11) is 1.81. The van der Waals surface area contributed by atoms with Crippen LogP contribution >= 0.6 is 24.0 Å². The monoisotopic (exact) mass is 562 g/mol. The van der Waals surface area contributed by atoms with Crippen molar-refractivity contribution in [3.63, 3.8) is 0 Å². The summed E-state index contributed by atoms with van der Waals surface area (Å²) in [4.78, 5) is 7.85. The lowest BCUT2D eigenvalue weighted by atomic mass is 10.1. The molecule has 0 unspecified atom stereocenters. The molecule has 2 aromatic carbocycles. The van der Waals surface area contributed by atoms with E-state index in [9.17, 15) is 0 Å². The Morgan fingerprint density at radius 3 is 2.70 bits per heavy atom. The summed E-state index contributed by atoms with van der Waals surface area (Å²) >= 11 is 0. The number of guanidine groups is 1. The third-order valence-corrected chi connectivity index (χ3v) is 6.02. The second-order valence-electron chi connectivity index (χ2n) is 8.32. The molecule has 0 bridgehead atoms. The van der Waals surface area contributed by atoms with Crippen molar-refractivity contribution >= 4 is 40.8 Å². The third-order valence-electron chi connectivity index (χ3n) is 6.02. The van der Waals surface area contributed by atoms with Crippen LogP contribution in [0.5, 0.6) is 0 Å². The van der Waals surface area contributed by atoms with Gasteiger partial charge in [-0.25, -0.2) is 0 Å². The van der Waals surface area contributed by atoms with Gasteiger partial charge in [-0.3, -0.25) is 4.99 Å². The quantitative estimate of drug-likeness (QED) is 0.212. The summed E-state index contributed by atoms with van der Waals surface area (Å²) < 4.78 is 11.5. The number of aryl methyl sites for hydroxylation is 1. The van der Waals surface area contributed by atoms with Crippen molar-refractivity contribution < 1.29 is 9.47 Å². The van der Waals surface area contributed by atoms with E-state index in [2.05, 4.69) is 76.1 Å². The number of nitrogens with one attached hydrogen (secondary N) is 3. The molecule has 6 nitrogen and oxygen atoms in total. The first-order valence-electron chi connectivity index (χ1n) is 11.5. The van der Waals surface area contributed by atoms with Gasteiger partial charge in [-0.05, 0) is 48.9 Å². The number of nitrogens with zero attached hydrogens (tertiary/aromatic N) is 1. The van der Waals surface area contributed by atoms with Gasteiger partial charge in [0.15, 0.2) is 5.96 Å². The molecule has 2 heterocycles. The highest BCUT2D eigenvalue weighted by molar-refractivity contribution is 14.0. The molecule has 1 fully saturated rings. The van der Waals surface area contributed by atoms with Crippen molar-refractivity contribution in [2.45, 2.75) is 45.4 Å². The molecular formula is C26H35IN4O2. The number of rotatable bonds is 8. The summed E-state index contributed by atoms with van der Waals surface area (Å²) in [6.45, 7) is 5.94. The van der Waals surface area contributed by atoms with Crippen LogP contribution in [0.4, 0.5) is 0 Å². The van der Waals surface area contributed by atoms with Gasteiger partial charge in [0.1, 0.15) is 0 Å². The molecule has 0 atom stereocenters. The maximum absolute atomic E-state index is 6.06. The molecule has 33 heavy (non-hydrogen) atoms. The van der Waals surface area contributed by atoms with E-state index in [4.69, 9.17) is 9.47 Å². The van der Waals surface area contributed by atoms with Crippen LogP contribution in [0.15, 0.2) is 53.5 Å². The van der Waals surface area contributed by atoms with E-state index in [0.717, 1.165) is 51.5 Å². The van der Waals surface area contributed by atoms with Crippen LogP contribution in [0.25, 0.3) is 10.9 Å². The number of benzene rings is 2. The fraction of sp³-hybridized carbons (Fsp3) is 0.423. The number of hydrogen-bond donors (Lipinski definition) is 3. The molecule has 0 amide bonds. The Morgan fingerprint density at radius 1 is 1.09 bits per heavy atom. The Labute approximate surface area is 213 Å². The van der Waals surface area contributed by atoms with Crippen LogP contribution in [0.1, 0.15) is 35.2 Å². The Morgan fingerprint density at radius 2 is 1.88 bits per heavy atom. The van der Waals surface area contributed by atoms with Crippen LogP contribution in [-0.4, -0.2) is 43.9 Å². The number of hydrogen-bond acceptors (Lipinski definition) is 3. The van der Waals surface area contributed by atoms with Crippen molar-refractivity contribution in [3.8, 4) is 0 Å². The molecule has 3 aromatic rings. The molecule has 4 rings (SSSR count). The van der Waals surface area contributed by atoms with Crippen molar-refractivity contribution in [2.75, 3.05) is 26.8 Å². The predicted molar refractivity (Wildman–Crippen MR) is 145 cm³/mol. The van der Waals surface area contributed by atoms with Crippen molar-refractivity contribution in [1.29, 1.82) is 0 Å². The summed E-state index contributed by atoms with van der Waals surface area (Å²) in [5.41, 5.74) is 6.21. The second kappa shape index (κ2) is 13.0. The lowest BCUT2D eigenvalue weighted by Gasteiger charge is -2.22. The average Bonchev–Trinajstić information content (AvgIpc) is 3.16. The summed E-state index contributed by atoms with van der Waals surface area (Å²) in [5, 5.41) is 8.17. The van der Waals surface area contributed by atoms with Crippen molar-refractivity contribution in [3.05, 3.63) is 70.9 Å². The number of fused-ring (bicyclic) bond motifs is 1. The predicted octanol–water partition coefficient (Wildman–Crippen LogP) is 4.70. The first kappa shape index (κ1) is 25.5. The first-order valence-corrected chi connectivity index (χ1v) is 11.5. The number of aromatic nitrogens is 1. The van der Waals surface area contributed by atoms with Crippen LogP contribution in [0.2, 0.25) is 0 Å². The van der Waals surface area contributed by atoms with Gasteiger partial charge in [0.25, 0.3) is 0 Å². The molecule has 0 spiro atoms. The molecule has 1 aromatic heterocycles. The van der Waals surface area contributed by atoms with Gasteiger partial charge in [-0.15, -0.1) is 24.0 Å². The third kappa shape index (κ3) is 7.19. The number of H-pyrrole nitrogens is 1. The Bertz CT molecular complexity index is 1040. The SMILES string of the molecule is CN=C(NCCc1c(C)[nH]c2ccccc12)NCc1cccc(COC2CCOCC2)c1.I. The van der Waals surface area contributed by atoms with Gasteiger partial charge in [-0.2, -0.15) is 0 Å². The van der Waals surface area contributed by atoms with Crippen molar-refractivity contribution in [1.82, 2.24) is 15.6 Å². The van der Waals surface area contributed by atoms with E-state index in [1.807, 2.05) is 7.05 Å². The smallest absolute Gasteiger partial charge is 0.191 e. The molecule has 7 heteroatoms. The van der Waals surface area contributed by atoms with Gasteiger partial charge in [0, 0.05) is 49.9 Å². The largest absolute Gasteiger partial charge is 0.381 e. The minimum atomic E-state index is 0. The van der Waals surface area contributed by atoms with Crippen LogP contribution in [-0.2, 0) is 29.0 Å². The Balaban J connectivity index is 0.00000306. The van der Waals surface area contributed by atoms with Gasteiger partial charge < -0.3 is 25.1 Å². The summed E-state index contributed by atoms with van der Waals surface area (Å²) in [6.07, 6.45) is 3.23. The molecule has 0 radical (unpaired) electrons. The van der Waals surface area contributed by atoms with Crippen LogP contribution in [0.3, 0.4) is 0 Å². The topological polar surface area (TPSA) is 70.7 Å². The lowest BCUT2D eigenvalue weighted by molar-refractivity contribution is -0.0390.